The highest BCUT2D eigenvalue weighted by Crippen LogP contribution is 2.33. The van der Waals surface area contributed by atoms with Crippen molar-refractivity contribution in [3.05, 3.63) is 21.9 Å². The highest BCUT2D eigenvalue weighted by atomic mass is 32.2. The molecule has 0 aliphatic carbocycles. The smallest absolute Gasteiger partial charge is 0.154 e. The fourth-order valence-corrected chi connectivity index (χ4v) is 3.16. The summed E-state index contributed by atoms with van der Waals surface area (Å²) in [5, 5.41) is 5.12. The van der Waals surface area contributed by atoms with Gasteiger partial charge in [0.15, 0.2) is 9.84 Å². The van der Waals surface area contributed by atoms with E-state index < -0.39 is 14.6 Å². The van der Waals surface area contributed by atoms with E-state index in [-0.39, 0.29) is 6.04 Å². The van der Waals surface area contributed by atoms with Crippen molar-refractivity contribution in [3.8, 4) is 0 Å². The Morgan fingerprint density at radius 2 is 2.00 bits per heavy atom. The van der Waals surface area contributed by atoms with E-state index in [1.807, 2.05) is 18.4 Å². The van der Waals surface area contributed by atoms with Gasteiger partial charge in [0.2, 0.25) is 0 Å². The second-order valence-electron chi connectivity index (χ2n) is 4.59. The van der Waals surface area contributed by atoms with Gasteiger partial charge in [-0.05, 0) is 44.8 Å². The monoisotopic (exact) mass is 261 g/mol. The average Bonchev–Trinajstić information content (AvgIpc) is 2.50. The third-order valence-electron chi connectivity index (χ3n) is 3.02. The van der Waals surface area contributed by atoms with Gasteiger partial charge in [0.1, 0.15) is 0 Å². The molecule has 1 N–H and O–H groups in total. The summed E-state index contributed by atoms with van der Waals surface area (Å²) in [5.41, 5.74) is 1.04. The molecule has 0 saturated heterocycles. The Kier molecular flexibility index (Phi) is 3.82. The van der Waals surface area contributed by atoms with Crippen LogP contribution in [0.15, 0.2) is 11.4 Å². The van der Waals surface area contributed by atoms with Crippen molar-refractivity contribution in [2.24, 2.45) is 0 Å². The summed E-state index contributed by atoms with van der Waals surface area (Å²) < 4.78 is 22.8. The van der Waals surface area contributed by atoms with Gasteiger partial charge in [0, 0.05) is 11.1 Å². The fraction of sp³-hybridized carbons (Fsp3) is 0.636. The molecule has 0 saturated carbocycles. The van der Waals surface area contributed by atoms with Gasteiger partial charge >= 0.3 is 0 Å². The minimum atomic E-state index is -3.11. The zero-order valence-electron chi connectivity index (χ0n) is 10.4. The van der Waals surface area contributed by atoms with Crippen molar-refractivity contribution in [1.82, 2.24) is 5.32 Å². The van der Waals surface area contributed by atoms with E-state index in [1.165, 1.54) is 11.1 Å². The SMILES string of the molecule is CNC(c1csc(C)c1)C(C)(C)S(C)(=O)=O. The lowest BCUT2D eigenvalue weighted by atomic mass is 9.97. The van der Waals surface area contributed by atoms with E-state index in [0.717, 1.165) is 5.56 Å². The molecule has 5 heteroatoms. The second-order valence-corrected chi connectivity index (χ2v) is 8.30. The van der Waals surface area contributed by atoms with Crippen LogP contribution >= 0.6 is 11.3 Å². The van der Waals surface area contributed by atoms with E-state index >= 15 is 0 Å². The fourth-order valence-electron chi connectivity index (χ4n) is 1.74. The third kappa shape index (κ3) is 2.47. The van der Waals surface area contributed by atoms with Crippen LogP contribution in [0.25, 0.3) is 0 Å². The van der Waals surface area contributed by atoms with Crippen LogP contribution < -0.4 is 5.32 Å². The van der Waals surface area contributed by atoms with E-state index in [4.69, 9.17) is 0 Å². The van der Waals surface area contributed by atoms with Gasteiger partial charge in [-0.3, -0.25) is 0 Å². The topological polar surface area (TPSA) is 46.2 Å². The first-order chi connectivity index (χ1) is 7.20. The minimum absolute atomic E-state index is 0.174. The average molecular weight is 261 g/mol. The molecule has 1 atom stereocenters. The lowest BCUT2D eigenvalue weighted by molar-refractivity contribution is 0.447. The highest BCUT2D eigenvalue weighted by Gasteiger charge is 2.39. The van der Waals surface area contributed by atoms with Gasteiger partial charge < -0.3 is 5.32 Å². The van der Waals surface area contributed by atoms with Gasteiger partial charge in [0.05, 0.1) is 10.8 Å². The molecule has 1 unspecified atom stereocenters. The van der Waals surface area contributed by atoms with Crippen molar-refractivity contribution in [3.63, 3.8) is 0 Å². The van der Waals surface area contributed by atoms with Crippen molar-refractivity contribution in [1.29, 1.82) is 0 Å². The normalized spacial score (nSPS) is 15.1. The highest BCUT2D eigenvalue weighted by molar-refractivity contribution is 7.92. The number of thiophene rings is 1. The van der Waals surface area contributed by atoms with Gasteiger partial charge in [-0.2, -0.15) is 0 Å². The molecule has 92 valence electrons. The molecular weight excluding hydrogens is 242 g/mol. The molecule has 0 bridgehead atoms. The summed E-state index contributed by atoms with van der Waals surface area (Å²) in [6, 6.07) is 1.87. The Labute approximate surface area is 102 Å². The summed E-state index contributed by atoms with van der Waals surface area (Å²) in [7, 11) is -1.31. The van der Waals surface area contributed by atoms with Crippen molar-refractivity contribution < 1.29 is 8.42 Å². The summed E-state index contributed by atoms with van der Waals surface area (Å²) in [5.74, 6) is 0. The molecule has 0 aliphatic heterocycles. The molecule has 0 amide bonds. The van der Waals surface area contributed by atoms with Crippen LogP contribution in [0, 0.1) is 6.92 Å². The zero-order chi connectivity index (χ0) is 12.6. The standard InChI is InChI=1S/C11H19NO2S2/c1-8-6-9(7-15-8)10(12-4)11(2,3)16(5,13)14/h6-7,10,12H,1-5H3. The number of aryl methyl sites for hydroxylation is 1. The van der Waals surface area contributed by atoms with Gasteiger partial charge in [-0.25, -0.2) is 8.42 Å². The molecule has 3 nitrogen and oxygen atoms in total. The van der Waals surface area contributed by atoms with Crippen LogP contribution in [0.4, 0.5) is 0 Å². The zero-order valence-corrected chi connectivity index (χ0v) is 12.0. The number of nitrogens with one attached hydrogen (secondary N) is 1. The molecule has 16 heavy (non-hydrogen) atoms. The molecule has 1 aromatic heterocycles. The predicted molar refractivity (Wildman–Crippen MR) is 69.8 cm³/mol. The first kappa shape index (κ1) is 13.7. The van der Waals surface area contributed by atoms with E-state index in [0.29, 0.717) is 0 Å². The molecule has 0 radical (unpaired) electrons. The Bertz CT molecular complexity index is 460. The van der Waals surface area contributed by atoms with Gasteiger partial charge in [0.25, 0.3) is 0 Å². The van der Waals surface area contributed by atoms with E-state index in [1.54, 1.807) is 32.2 Å². The molecule has 0 aliphatic rings. The number of rotatable bonds is 4. The van der Waals surface area contributed by atoms with Crippen LogP contribution in [0.2, 0.25) is 0 Å². The Hall–Kier alpha value is -0.390. The van der Waals surface area contributed by atoms with Crippen molar-refractivity contribution in [2.45, 2.75) is 31.6 Å². The predicted octanol–water partition coefficient (Wildman–Crippen LogP) is 2.14. The van der Waals surface area contributed by atoms with Crippen molar-refractivity contribution in [2.75, 3.05) is 13.3 Å². The summed E-state index contributed by atoms with van der Waals surface area (Å²) in [6.07, 6.45) is 1.29. The maximum absolute atomic E-state index is 11.8. The van der Waals surface area contributed by atoms with E-state index in [9.17, 15) is 8.42 Å². The maximum Gasteiger partial charge on any atom is 0.154 e. The number of hydrogen-bond donors (Lipinski definition) is 1. The number of hydrogen-bond acceptors (Lipinski definition) is 4. The second kappa shape index (κ2) is 4.47. The van der Waals surface area contributed by atoms with Crippen LogP contribution in [-0.4, -0.2) is 26.5 Å². The Balaban J connectivity index is 3.18. The first-order valence-corrected chi connectivity index (χ1v) is 7.89. The minimum Gasteiger partial charge on any atom is -0.312 e. The molecule has 0 spiro atoms. The lowest BCUT2D eigenvalue weighted by Gasteiger charge is -2.32. The summed E-state index contributed by atoms with van der Waals surface area (Å²) in [4.78, 5) is 1.19. The largest absolute Gasteiger partial charge is 0.312 e. The van der Waals surface area contributed by atoms with Crippen LogP contribution in [0.3, 0.4) is 0 Å². The summed E-state index contributed by atoms with van der Waals surface area (Å²) >= 11 is 1.64. The molecule has 1 rings (SSSR count). The molecular formula is C11H19NO2S2. The van der Waals surface area contributed by atoms with Gasteiger partial charge in [-0.15, -0.1) is 11.3 Å². The first-order valence-electron chi connectivity index (χ1n) is 5.12. The third-order valence-corrected chi connectivity index (χ3v) is 6.05. The van der Waals surface area contributed by atoms with Crippen LogP contribution in [0.1, 0.15) is 30.3 Å². The van der Waals surface area contributed by atoms with Crippen LogP contribution in [0.5, 0.6) is 0 Å². The maximum atomic E-state index is 11.8. The van der Waals surface area contributed by atoms with Crippen molar-refractivity contribution >= 4 is 21.2 Å². The van der Waals surface area contributed by atoms with Gasteiger partial charge in [-0.1, -0.05) is 0 Å². The molecule has 0 fully saturated rings. The summed E-state index contributed by atoms with van der Waals surface area (Å²) in [6.45, 7) is 5.54. The quantitative estimate of drug-likeness (QED) is 0.903. The van der Waals surface area contributed by atoms with Crippen LogP contribution in [-0.2, 0) is 9.84 Å². The Morgan fingerprint density at radius 3 is 2.31 bits per heavy atom. The Morgan fingerprint density at radius 1 is 1.44 bits per heavy atom. The molecule has 1 heterocycles. The molecule has 1 aromatic rings. The lowest BCUT2D eigenvalue weighted by Crippen LogP contribution is -2.43. The molecule has 0 aromatic carbocycles. The van der Waals surface area contributed by atoms with E-state index in [2.05, 4.69) is 5.32 Å². The number of sulfone groups is 1.